The number of anilines is 1. The van der Waals surface area contributed by atoms with Gasteiger partial charge in [0.05, 0.1) is 12.3 Å². The molecular weight excluding hydrogens is 272 g/mol. The van der Waals surface area contributed by atoms with Crippen molar-refractivity contribution in [3.8, 4) is 0 Å². The Morgan fingerprint density at radius 3 is 2.62 bits per heavy atom. The number of nitrogens with zero attached hydrogens (tertiary/aromatic N) is 1. The molecule has 0 aliphatic rings. The van der Waals surface area contributed by atoms with Crippen LogP contribution in [0.5, 0.6) is 0 Å². The average Bonchev–Trinajstić information content (AvgIpc) is 2.48. The molecule has 0 unspecified atom stereocenters. The minimum absolute atomic E-state index is 0.151. The van der Waals surface area contributed by atoms with E-state index in [1.165, 1.54) is 12.3 Å². The number of rotatable bonds is 6. The Balaban J connectivity index is 1.86. The molecule has 0 aliphatic heterocycles. The van der Waals surface area contributed by atoms with Crippen molar-refractivity contribution in [1.82, 2.24) is 4.98 Å². The molecule has 0 atom stereocenters. The summed E-state index contributed by atoms with van der Waals surface area (Å²) in [5, 5.41) is 11.4. The molecule has 0 bridgehead atoms. The highest BCUT2D eigenvalue weighted by Crippen LogP contribution is 2.11. The molecule has 21 heavy (non-hydrogen) atoms. The van der Waals surface area contributed by atoms with Crippen LogP contribution in [0.3, 0.4) is 0 Å². The molecule has 1 aromatic carbocycles. The standard InChI is InChI=1S/C15H14N2O4/c18-13(10-21-9-11-5-2-1-3-6-11)17-12-7-4-8-16-14(12)15(19)20/h1-8H,9-10H2,(H,17,18)(H,19,20). The maximum atomic E-state index is 11.7. The van der Waals surface area contributed by atoms with Gasteiger partial charge in [-0.15, -0.1) is 0 Å². The summed E-state index contributed by atoms with van der Waals surface area (Å²) in [7, 11) is 0. The van der Waals surface area contributed by atoms with Crippen LogP contribution in [0.2, 0.25) is 0 Å². The fourth-order valence-electron chi connectivity index (χ4n) is 1.70. The summed E-state index contributed by atoms with van der Waals surface area (Å²) in [6, 6.07) is 12.5. The second-order valence-electron chi connectivity index (χ2n) is 4.23. The SMILES string of the molecule is O=C(COCc1ccccc1)Nc1cccnc1C(=O)O. The lowest BCUT2D eigenvalue weighted by Crippen LogP contribution is -2.20. The molecule has 1 heterocycles. The van der Waals surface area contributed by atoms with E-state index in [0.29, 0.717) is 6.61 Å². The molecule has 0 saturated heterocycles. The van der Waals surface area contributed by atoms with Crippen molar-refractivity contribution >= 4 is 17.6 Å². The van der Waals surface area contributed by atoms with Gasteiger partial charge in [-0.2, -0.15) is 0 Å². The molecule has 1 amide bonds. The van der Waals surface area contributed by atoms with Crippen molar-refractivity contribution in [1.29, 1.82) is 0 Å². The van der Waals surface area contributed by atoms with Gasteiger partial charge in [0.25, 0.3) is 0 Å². The van der Waals surface area contributed by atoms with Crippen molar-refractivity contribution in [2.75, 3.05) is 11.9 Å². The van der Waals surface area contributed by atoms with Crippen LogP contribution >= 0.6 is 0 Å². The zero-order valence-electron chi connectivity index (χ0n) is 11.2. The normalized spacial score (nSPS) is 10.1. The number of amides is 1. The number of aromatic nitrogens is 1. The predicted octanol–water partition coefficient (Wildman–Crippen LogP) is 1.94. The van der Waals surface area contributed by atoms with Gasteiger partial charge in [-0.1, -0.05) is 30.3 Å². The Morgan fingerprint density at radius 1 is 1.14 bits per heavy atom. The van der Waals surface area contributed by atoms with Gasteiger partial charge in [0, 0.05) is 6.20 Å². The average molecular weight is 286 g/mol. The van der Waals surface area contributed by atoms with E-state index in [9.17, 15) is 9.59 Å². The van der Waals surface area contributed by atoms with E-state index in [1.54, 1.807) is 6.07 Å². The topological polar surface area (TPSA) is 88.5 Å². The van der Waals surface area contributed by atoms with E-state index < -0.39 is 11.9 Å². The number of benzene rings is 1. The molecule has 0 radical (unpaired) electrons. The summed E-state index contributed by atoms with van der Waals surface area (Å²) >= 11 is 0. The number of pyridine rings is 1. The molecule has 1 aromatic heterocycles. The molecule has 108 valence electrons. The van der Waals surface area contributed by atoms with E-state index in [4.69, 9.17) is 9.84 Å². The summed E-state index contributed by atoms with van der Waals surface area (Å²) < 4.78 is 5.27. The lowest BCUT2D eigenvalue weighted by atomic mass is 10.2. The maximum absolute atomic E-state index is 11.7. The van der Waals surface area contributed by atoms with Crippen LogP contribution in [-0.2, 0) is 16.1 Å². The lowest BCUT2D eigenvalue weighted by molar-refractivity contribution is -0.121. The van der Waals surface area contributed by atoms with Gasteiger partial charge in [-0.3, -0.25) is 4.79 Å². The molecule has 0 spiro atoms. The van der Waals surface area contributed by atoms with Gasteiger partial charge >= 0.3 is 5.97 Å². The Hall–Kier alpha value is -2.73. The zero-order chi connectivity index (χ0) is 15.1. The van der Waals surface area contributed by atoms with Crippen molar-refractivity contribution in [3.05, 3.63) is 59.9 Å². The number of nitrogens with one attached hydrogen (secondary N) is 1. The first-order valence-electron chi connectivity index (χ1n) is 6.26. The summed E-state index contributed by atoms with van der Waals surface area (Å²) in [6.07, 6.45) is 1.35. The number of aromatic carboxylic acids is 1. The first kappa shape index (κ1) is 14.7. The first-order chi connectivity index (χ1) is 10.2. The van der Waals surface area contributed by atoms with Gasteiger partial charge in [0.1, 0.15) is 6.61 Å². The Labute approximate surface area is 121 Å². The molecule has 2 rings (SSSR count). The number of carboxylic acids is 1. The van der Waals surface area contributed by atoms with E-state index in [-0.39, 0.29) is 18.0 Å². The summed E-state index contributed by atoms with van der Waals surface area (Å²) in [5.74, 6) is -1.63. The minimum Gasteiger partial charge on any atom is -0.476 e. The number of ether oxygens (including phenoxy) is 1. The molecule has 0 saturated carbocycles. The molecule has 0 aliphatic carbocycles. The third-order valence-electron chi connectivity index (χ3n) is 2.63. The van der Waals surface area contributed by atoms with Crippen LogP contribution in [0.4, 0.5) is 5.69 Å². The van der Waals surface area contributed by atoms with Crippen molar-refractivity contribution in [3.63, 3.8) is 0 Å². The molecule has 2 aromatic rings. The predicted molar refractivity (Wildman–Crippen MR) is 75.9 cm³/mol. The van der Waals surface area contributed by atoms with Gasteiger partial charge in [-0.25, -0.2) is 9.78 Å². The fraction of sp³-hybridized carbons (Fsp3) is 0.133. The first-order valence-corrected chi connectivity index (χ1v) is 6.26. The Kier molecular flexibility index (Phi) is 5.00. The molecule has 6 heteroatoms. The molecular formula is C15H14N2O4. The van der Waals surface area contributed by atoms with Crippen molar-refractivity contribution < 1.29 is 19.4 Å². The van der Waals surface area contributed by atoms with Crippen LogP contribution in [0.15, 0.2) is 48.7 Å². The second kappa shape index (κ2) is 7.16. The highest BCUT2D eigenvalue weighted by molar-refractivity contribution is 5.99. The smallest absolute Gasteiger partial charge is 0.356 e. The third kappa shape index (κ3) is 4.39. The van der Waals surface area contributed by atoms with Crippen molar-refractivity contribution in [2.24, 2.45) is 0 Å². The fourth-order valence-corrected chi connectivity index (χ4v) is 1.70. The number of hydrogen-bond donors (Lipinski definition) is 2. The molecule has 6 nitrogen and oxygen atoms in total. The summed E-state index contributed by atoms with van der Waals surface area (Å²) in [5.41, 5.74) is 0.908. The van der Waals surface area contributed by atoms with Gasteiger partial charge in [0.2, 0.25) is 5.91 Å². The number of carbonyl (C=O) groups is 2. The van der Waals surface area contributed by atoms with Crippen LogP contribution in [0.1, 0.15) is 16.1 Å². The minimum atomic E-state index is -1.20. The number of hydrogen-bond acceptors (Lipinski definition) is 4. The highest BCUT2D eigenvalue weighted by Gasteiger charge is 2.13. The van der Waals surface area contributed by atoms with Crippen LogP contribution in [0, 0.1) is 0 Å². The number of carboxylic acid groups (broad SMARTS) is 1. The highest BCUT2D eigenvalue weighted by atomic mass is 16.5. The number of carbonyl (C=O) groups excluding carboxylic acids is 1. The monoisotopic (exact) mass is 286 g/mol. The van der Waals surface area contributed by atoms with Gasteiger partial charge < -0.3 is 15.2 Å². The van der Waals surface area contributed by atoms with E-state index in [2.05, 4.69) is 10.3 Å². The second-order valence-corrected chi connectivity index (χ2v) is 4.23. The van der Waals surface area contributed by atoms with E-state index in [0.717, 1.165) is 5.56 Å². The van der Waals surface area contributed by atoms with Crippen molar-refractivity contribution in [2.45, 2.75) is 6.61 Å². The van der Waals surface area contributed by atoms with E-state index in [1.807, 2.05) is 30.3 Å². The lowest BCUT2D eigenvalue weighted by Gasteiger charge is -2.08. The summed E-state index contributed by atoms with van der Waals surface area (Å²) in [6.45, 7) is 0.149. The maximum Gasteiger partial charge on any atom is 0.356 e. The third-order valence-corrected chi connectivity index (χ3v) is 2.63. The Bertz CT molecular complexity index is 629. The van der Waals surface area contributed by atoms with Gasteiger partial charge in [-0.05, 0) is 17.7 Å². The molecule has 0 fully saturated rings. The van der Waals surface area contributed by atoms with Crippen LogP contribution in [0.25, 0.3) is 0 Å². The van der Waals surface area contributed by atoms with Gasteiger partial charge in [0.15, 0.2) is 5.69 Å². The molecule has 2 N–H and O–H groups in total. The quantitative estimate of drug-likeness (QED) is 0.847. The summed E-state index contributed by atoms with van der Waals surface area (Å²) in [4.78, 5) is 26.4. The van der Waals surface area contributed by atoms with Crippen LogP contribution < -0.4 is 5.32 Å². The zero-order valence-corrected chi connectivity index (χ0v) is 11.2. The largest absolute Gasteiger partial charge is 0.476 e. The van der Waals surface area contributed by atoms with E-state index >= 15 is 0 Å². The Morgan fingerprint density at radius 2 is 1.90 bits per heavy atom. The van der Waals surface area contributed by atoms with Crippen LogP contribution in [-0.4, -0.2) is 28.6 Å².